The van der Waals surface area contributed by atoms with Gasteiger partial charge in [-0.25, -0.2) is 9.97 Å². The second-order valence-corrected chi connectivity index (χ2v) is 16.8. The van der Waals surface area contributed by atoms with Gasteiger partial charge in [-0.3, -0.25) is 43.9 Å². The van der Waals surface area contributed by atoms with Crippen molar-refractivity contribution in [1.29, 1.82) is 0 Å². The first-order valence-electron chi connectivity index (χ1n) is 22.4. The van der Waals surface area contributed by atoms with E-state index in [1.807, 2.05) is 30.0 Å². The first-order valence-corrected chi connectivity index (χ1v) is 22.4. The number of methoxy groups -OCH3 is 1. The number of amides is 6. The highest BCUT2D eigenvalue weighted by molar-refractivity contribution is 6.23. The van der Waals surface area contributed by atoms with Crippen LogP contribution < -0.4 is 36.6 Å². The van der Waals surface area contributed by atoms with Gasteiger partial charge in [0.15, 0.2) is 17.3 Å². The number of nitrogens with two attached hydrogens (primary N) is 1. The SMILES string of the molecule is CCc1nc(C(N)=O)c(Nc2ccc(N3CCC(N4CCN(C(=O)CCCNc5ccc6c(c5)C(=O)N(C5CCC(=O)NC5=O)C6=O)CC4)CC3)c(OC)c2)nc1NC1CCOCC1. The van der Waals surface area contributed by atoms with Gasteiger partial charge in [-0.15, -0.1) is 0 Å². The van der Waals surface area contributed by atoms with Crippen LogP contribution in [0.5, 0.6) is 5.75 Å². The van der Waals surface area contributed by atoms with E-state index in [-0.39, 0.29) is 47.4 Å². The van der Waals surface area contributed by atoms with Crippen LogP contribution in [0.1, 0.15) is 95.2 Å². The third-order valence-corrected chi connectivity index (χ3v) is 12.9. The topological polar surface area (TPSA) is 234 Å². The largest absolute Gasteiger partial charge is 0.495 e. The fourth-order valence-corrected chi connectivity index (χ4v) is 9.30. The van der Waals surface area contributed by atoms with E-state index in [4.69, 9.17) is 20.2 Å². The first-order chi connectivity index (χ1) is 31.0. The number of aromatic nitrogens is 2. The third-order valence-electron chi connectivity index (χ3n) is 12.9. The molecule has 1 unspecified atom stereocenters. The molecule has 3 aromatic rings. The smallest absolute Gasteiger partial charge is 0.271 e. The molecule has 1 atom stereocenters. The molecule has 6 amide bonds. The number of nitrogens with zero attached hydrogens (tertiary/aromatic N) is 6. The van der Waals surface area contributed by atoms with Gasteiger partial charge in [0.2, 0.25) is 17.7 Å². The number of carbonyl (C=O) groups excluding carboxylic acids is 6. The summed E-state index contributed by atoms with van der Waals surface area (Å²) in [6.07, 6.45) is 5.39. The van der Waals surface area contributed by atoms with Crippen LogP contribution in [-0.4, -0.2) is 144 Å². The normalized spacial score (nSPS) is 20.0. The van der Waals surface area contributed by atoms with Gasteiger partial charge in [-0.1, -0.05) is 6.92 Å². The van der Waals surface area contributed by atoms with Crippen LogP contribution in [0.2, 0.25) is 0 Å². The van der Waals surface area contributed by atoms with Gasteiger partial charge in [0.05, 0.1) is 29.6 Å². The predicted molar refractivity (Wildman–Crippen MR) is 238 cm³/mol. The fraction of sp³-hybridized carbons (Fsp3) is 0.511. The zero-order chi connectivity index (χ0) is 44.9. The zero-order valence-electron chi connectivity index (χ0n) is 36.5. The summed E-state index contributed by atoms with van der Waals surface area (Å²) in [6.45, 7) is 8.52. The molecule has 5 aliphatic heterocycles. The summed E-state index contributed by atoms with van der Waals surface area (Å²) >= 11 is 0. The molecule has 19 nitrogen and oxygen atoms in total. The van der Waals surface area contributed by atoms with Crippen LogP contribution in [0.25, 0.3) is 0 Å². The molecule has 6 N–H and O–H groups in total. The Balaban J connectivity index is 0.783. The summed E-state index contributed by atoms with van der Waals surface area (Å²) in [6, 6.07) is 10.4. The predicted octanol–water partition coefficient (Wildman–Crippen LogP) is 2.89. The van der Waals surface area contributed by atoms with Gasteiger partial charge in [-0.05, 0) is 75.3 Å². The minimum Gasteiger partial charge on any atom is -0.495 e. The molecule has 0 saturated carbocycles. The van der Waals surface area contributed by atoms with Gasteiger partial charge < -0.3 is 41.0 Å². The molecule has 0 bridgehead atoms. The zero-order valence-corrected chi connectivity index (χ0v) is 36.5. The Morgan fingerprint density at radius 2 is 1.61 bits per heavy atom. The summed E-state index contributed by atoms with van der Waals surface area (Å²) in [4.78, 5) is 93.0. The number of piperidine rings is 2. The minimum absolute atomic E-state index is 0.0616. The Morgan fingerprint density at radius 3 is 2.31 bits per heavy atom. The van der Waals surface area contributed by atoms with Gasteiger partial charge in [-0.2, -0.15) is 0 Å². The second-order valence-electron chi connectivity index (χ2n) is 16.8. The van der Waals surface area contributed by atoms with Crippen molar-refractivity contribution in [2.45, 2.75) is 82.8 Å². The van der Waals surface area contributed by atoms with E-state index >= 15 is 0 Å². The maximum absolute atomic E-state index is 13.2. The molecule has 5 aliphatic rings. The van der Waals surface area contributed by atoms with E-state index in [1.165, 1.54) is 0 Å². The summed E-state index contributed by atoms with van der Waals surface area (Å²) in [5, 5.41) is 12.3. The number of piperazine rings is 1. The maximum Gasteiger partial charge on any atom is 0.271 e. The number of nitrogens with one attached hydrogen (secondary N) is 4. The van der Waals surface area contributed by atoms with Crippen molar-refractivity contribution >= 4 is 64.1 Å². The number of aryl methyl sites for hydroxylation is 1. The number of benzene rings is 2. The van der Waals surface area contributed by atoms with Gasteiger partial charge >= 0.3 is 0 Å². The quantitative estimate of drug-likeness (QED) is 0.109. The molecule has 6 heterocycles. The number of rotatable bonds is 15. The molecule has 2 aromatic carbocycles. The molecule has 340 valence electrons. The summed E-state index contributed by atoms with van der Waals surface area (Å²) in [7, 11) is 1.65. The van der Waals surface area contributed by atoms with Crippen molar-refractivity contribution in [3.8, 4) is 5.75 Å². The summed E-state index contributed by atoms with van der Waals surface area (Å²) in [5.41, 5.74) is 9.27. The molecule has 8 rings (SSSR count). The van der Waals surface area contributed by atoms with E-state index in [0.29, 0.717) is 86.8 Å². The monoisotopic (exact) mass is 879 g/mol. The van der Waals surface area contributed by atoms with Crippen LogP contribution in [0, 0.1) is 0 Å². The van der Waals surface area contributed by atoms with Crippen molar-refractivity contribution in [3.63, 3.8) is 0 Å². The van der Waals surface area contributed by atoms with E-state index in [9.17, 15) is 28.8 Å². The lowest BCUT2D eigenvalue weighted by Gasteiger charge is -2.43. The van der Waals surface area contributed by atoms with Crippen LogP contribution in [0.4, 0.5) is 28.7 Å². The molecule has 4 saturated heterocycles. The number of ether oxygens (including phenoxy) is 2. The maximum atomic E-state index is 13.2. The molecule has 4 fully saturated rings. The Kier molecular flexibility index (Phi) is 13.6. The Bertz CT molecular complexity index is 2290. The molecule has 1 aromatic heterocycles. The third kappa shape index (κ3) is 9.59. The number of hydrogen-bond acceptors (Lipinski definition) is 15. The fourth-order valence-electron chi connectivity index (χ4n) is 9.30. The lowest BCUT2D eigenvalue weighted by atomic mass is 10.0. The van der Waals surface area contributed by atoms with E-state index in [0.717, 1.165) is 62.4 Å². The molecule has 64 heavy (non-hydrogen) atoms. The highest BCUT2D eigenvalue weighted by Gasteiger charge is 2.44. The number of fused-ring (bicyclic) bond motifs is 1. The minimum atomic E-state index is -1.01. The van der Waals surface area contributed by atoms with E-state index in [2.05, 4.69) is 36.1 Å². The molecular formula is C45H57N11O8. The molecule has 0 aliphatic carbocycles. The van der Waals surface area contributed by atoms with Gasteiger partial charge in [0.1, 0.15) is 11.8 Å². The summed E-state index contributed by atoms with van der Waals surface area (Å²) in [5.74, 6) is -1.11. The van der Waals surface area contributed by atoms with Gasteiger partial charge in [0, 0.05) is 101 Å². The highest BCUT2D eigenvalue weighted by atomic mass is 16.5. The standard InChI is InChI=1S/C45H57N11O8/c1-3-33-41(48-27-14-23-64-24-15-27)52-42(39(50-33)40(46)59)49-29-7-9-34(36(26-29)63-2)54-17-12-30(13-18-54)53-19-21-55(22-20-53)38(58)5-4-16-47-28-6-8-31-32(25-28)45(62)56(44(31)61)35-10-11-37(57)51-43(35)60/h6-9,25-27,30,35,47H,3-5,10-24H2,1-2H3,(H2,46,59)(H2,48,49,52)(H,51,57,60). The first kappa shape index (κ1) is 44.3. The summed E-state index contributed by atoms with van der Waals surface area (Å²) < 4.78 is 11.4. The van der Waals surface area contributed by atoms with Gasteiger partial charge in [0.25, 0.3) is 17.7 Å². The Hall–Kier alpha value is -6.34. The Labute approximate surface area is 371 Å². The van der Waals surface area contributed by atoms with Crippen LogP contribution in [0.15, 0.2) is 36.4 Å². The highest BCUT2D eigenvalue weighted by Crippen LogP contribution is 2.36. The lowest BCUT2D eigenvalue weighted by molar-refractivity contribution is -0.136. The van der Waals surface area contributed by atoms with E-state index in [1.54, 1.807) is 25.3 Å². The number of primary amides is 1. The second kappa shape index (κ2) is 19.6. The molecule has 19 heteroatoms. The molecule has 0 radical (unpaired) electrons. The number of anilines is 5. The van der Waals surface area contributed by atoms with Crippen molar-refractivity contribution < 1.29 is 38.2 Å². The Morgan fingerprint density at radius 1 is 0.875 bits per heavy atom. The van der Waals surface area contributed by atoms with E-state index < -0.39 is 35.6 Å². The van der Waals surface area contributed by atoms with Crippen LogP contribution in [0.3, 0.4) is 0 Å². The number of hydrogen-bond donors (Lipinski definition) is 5. The molecular weight excluding hydrogens is 823 g/mol. The average molecular weight is 880 g/mol. The van der Waals surface area contributed by atoms with Crippen molar-refractivity contribution in [1.82, 2.24) is 30.0 Å². The van der Waals surface area contributed by atoms with Crippen molar-refractivity contribution in [2.75, 3.05) is 87.0 Å². The number of carbonyl (C=O) groups is 6. The molecule has 0 spiro atoms. The lowest BCUT2D eigenvalue weighted by Crippen LogP contribution is -2.54. The van der Waals surface area contributed by atoms with Crippen molar-refractivity contribution in [3.05, 3.63) is 58.9 Å². The van der Waals surface area contributed by atoms with Crippen molar-refractivity contribution in [2.24, 2.45) is 5.73 Å². The van der Waals surface area contributed by atoms with Crippen LogP contribution >= 0.6 is 0 Å². The number of imide groups is 2. The average Bonchev–Trinajstić information content (AvgIpc) is 3.55. The van der Waals surface area contributed by atoms with Crippen LogP contribution in [-0.2, 0) is 25.5 Å².